The minimum Gasteiger partial charge on any atom is -0.392 e. The quantitative estimate of drug-likeness (QED) is 0.744. The Kier molecular flexibility index (Phi) is 4.84. The Balaban J connectivity index is 2.31. The first-order valence-electron chi connectivity index (χ1n) is 6.66. The fraction of sp³-hybridized carbons (Fsp3) is 0.357. The molecule has 1 aromatic carbocycles. The summed E-state index contributed by atoms with van der Waals surface area (Å²) in [5, 5.41) is 15.4. The van der Waals surface area contributed by atoms with E-state index in [1.165, 1.54) is 0 Å². The molecule has 106 valence electrons. The van der Waals surface area contributed by atoms with Crippen molar-refractivity contribution < 1.29 is 5.11 Å². The average molecular weight is 273 g/mol. The molecule has 1 heterocycles. The van der Waals surface area contributed by atoms with Crippen molar-refractivity contribution >= 4 is 11.9 Å². The molecule has 0 fully saturated rings. The van der Waals surface area contributed by atoms with Gasteiger partial charge in [-0.25, -0.2) is 0 Å². The van der Waals surface area contributed by atoms with Gasteiger partial charge in [-0.3, -0.25) is 0 Å². The van der Waals surface area contributed by atoms with Crippen LogP contribution in [0.5, 0.6) is 0 Å². The SMILES string of the molecule is CCNc1nc(NCC(C)O)nc(-c2ccccc2)n1. The number of aliphatic hydroxyl groups is 1. The first-order chi connectivity index (χ1) is 9.69. The van der Waals surface area contributed by atoms with E-state index >= 15 is 0 Å². The molecular formula is C14H19N5O. The van der Waals surface area contributed by atoms with Gasteiger partial charge in [0.2, 0.25) is 11.9 Å². The summed E-state index contributed by atoms with van der Waals surface area (Å²) in [6.45, 7) is 4.81. The van der Waals surface area contributed by atoms with Crippen molar-refractivity contribution in [3.63, 3.8) is 0 Å². The minimum absolute atomic E-state index is 0.393. The van der Waals surface area contributed by atoms with Crippen LogP contribution in [0.15, 0.2) is 30.3 Å². The molecule has 20 heavy (non-hydrogen) atoms. The first-order valence-corrected chi connectivity index (χ1v) is 6.66. The van der Waals surface area contributed by atoms with Crippen molar-refractivity contribution in [2.45, 2.75) is 20.0 Å². The van der Waals surface area contributed by atoms with Crippen molar-refractivity contribution in [2.75, 3.05) is 23.7 Å². The predicted molar refractivity (Wildman–Crippen MR) is 79.6 cm³/mol. The summed E-state index contributed by atoms with van der Waals surface area (Å²) in [6.07, 6.45) is -0.463. The third-order valence-electron chi connectivity index (χ3n) is 2.56. The van der Waals surface area contributed by atoms with Crippen molar-refractivity contribution in [1.29, 1.82) is 0 Å². The zero-order valence-corrected chi connectivity index (χ0v) is 11.7. The number of anilines is 2. The van der Waals surface area contributed by atoms with Gasteiger partial charge in [-0.2, -0.15) is 15.0 Å². The normalized spacial score (nSPS) is 11.9. The summed E-state index contributed by atoms with van der Waals surface area (Å²) >= 11 is 0. The van der Waals surface area contributed by atoms with Crippen LogP contribution in [0, 0.1) is 0 Å². The molecule has 0 spiro atoms. The first kappa shape index (κ1) is 14.2. The molecule has 0 aliphatic carbocycles. The lowest BCUT2D eigenvalue weighted by Crippen LogP contribution is -2.18. The molecule has 0 saturated heterocycles. The van der Waals surface area contributed by atoms with E-state index < -0.39 is 6.10 Å². The molecule has 0 radical (unpaired) electrons. The van der Waals surface area contributed by atoms with E-state index in [1.807, 2.05) is 37.3 Å². The van der Waals surface area contributed by atoms with Crippen LogP contribution in [0.4, 0.5) is 11.9 Å². The van der Waals surface area contributed by atoms with Gasteiger partial charge in [-0.05, 0) is 13.8 Å². The van der Waals surface area contributed by atoms with Crippen LogP contribution in [0.25, 0.3) is 11.4 Å². The van der Waals surface area contributed by atoms with Gasteiger partial charge >= 0.3 is 0 Å². The highest BCUT2D eigenvalue weighted by Crippen LogP contribution is 2.17. The second-order valence-electron chi connectivity index (χ2n) is 4.43. The van der Waals surface area contributed by atoms with Gasteiger partial charge in [0, 0.05) is 18.7 Å². The molecule has 1 aromatic heterocycles. The highest BCUT2D eigenvalue weighted by Gasteiger charge is 2.08. The Morgan fingerprint density at radius 2 is 1.70 bits per heavy atom. The average Bonchev–Trinajstić information content (AvgIpc) is 2.46. The van der Waals surface area contributed by atoms with E-state index in [2.05, 4.69) is 25.6 Å². The second kappa shape index (κ2) is 6.81. The molecule has 1 atom stereocenters. The molecule has 1 unspecified atom stereocenters. The van der Waals surface area contributed by atoms with Gasteiger partial charge in [-0.15, -0.1) is 0 Å². The lowest BCUT2D eigenvalue weighted by Gasteiger charge is -2.10. The Morgan fingerprint density at radius 3 is 2.30 bits per heavy atom. The van der Waals surface area contributed by atoms with E-state index in [1.54, 1.807) is 6.92 Å². The van der Waals surface area contributed by atoms with Crippen LogP contribution in [0.1, 0.15) is 13.8 Å². The van der Waals surface area contributed by atoms with E-state index in [-0.39, 0.29) is 0 Å². The molecule has 0 bridgehead atoms. The molecule has 0 amide bonds. The third kappa shape index (κ3) is 3.89. The van der Waals surface area contributed by atoms with Crippen molar-refractivity contribution in [1.82, 2.24) is 15.0 Å². The van der Waals surface area contributed by atoms with Gasteiger partial charge in [0.1, 0.15) is 0 Å². The van der Waals surface area contributed by atoms with Crippen molar-refractivity contribution in [2.24, 2.45) is 0 Å². The Labute approximate surface area is 118 Å². The number of aliphatic hydroxyl groups excluding tert-OH is 1. The van der Waals surface area contributed by atoms with E-state index in [0.717, 1.165) is 12.1 Å². The van der Waals surface area contributed by atoms with Crippen molar-refractivity contribution in [3.8, 4) is 11.4 Å². The summed E-state index contributed by atoms with van der Waals surface area (Å²) < 4.78 is 0. The fourth-order valence-electron chi connectivity index (χ4n) is 1.65. The maximum Gasteiger partial charge on any atom is 0.228 e. The van der Waals surface area contributed by atoms with Crippen molar-refractivity contribution in [3.05, 3.63) is 30.3 Å². The monoisotopic (exact) mass is 273 g/mol. The van der Waals surface area contributed by atoms with Crippen LogP contribution in [0.3, 0.4) is 0 Å². The summed E-state index contributed by atoms with van der Waals surface area (Å²) in [5.41, 5.74) is 0.925. The number of aromatic nitrogens is 3. The minimum atomic E-state index is -0.463. The highest BCUT2D eigenvalue weighted by molar-refractivity contribution is 5.57. The van der Waals surface area contributed by atoms with Crippen LogP contribution in [-0.4, -0.2) is 39.3 Å². The molecule has 0 aliphatic heterocycles. The molecular weight excluding hydrogens is 254 g/mol. The largest absolute Gasteiger partial charge is 0.392 e. The zero-order chi connectivity index (χ0) is 14.4. The van der Waals surface area contributed by atoms with Crippen LogP contribution in [0.2, 0.25) is 0 Å². The van der Waals surface area contributed by atoms with Crippen LogP contribution in [-0.2, 0) is 0 Å². The number of hydrogen-bond donors (Lipinski definition) is 3. The standard InChI is InChI=1S/C14H19N5O/c1-3-15-13-17-12(11-7-5-4-6-8-11)18-14(19-13)16-9-10(2)20/h4-8,10,20H,3,9H2,1-2H3,(H2,15,16,17,18,19). The number of hydrogen-bond acceptors (Lipinski definition) is 6. The number of benzene rings is 1. The Bertz CT molecular complexity index is 545. The maximum atomic E-state index is 9.32. The molecule has 0 saturated carbocycles. The Morgan fingerprint density at radius 1 is 1.05 bits per heavy atom. The molecule has 0 aliphatic rings. The maximum absolute atomic E-state index is 9.32. The molecule has 2 rings (SSSR count). The smallest absolute Gasteiger partial charge is 0.228 e. The third-order valence-corrected chi connectivity index (χ3v) is 2.56. The molecule has 2 aromatic rings. The second-order valence-corrected chi connectivity index (χ2v) is 4.43. The van der Waals surface area contributed by atoms with Gasteiger partial charge in [0.15, 0.2) is 5.82 Å². The number of rotatable bonds is 6. The predicted octanol–water partition coefficient (Wildman–Crippen LogP) is 1.76. The van der Waals surface area contributed by atoms with E-state index in [0.29, 0.717) is 24.3 Å². The zero-order valence-electron chi connectivity index (χ0n) is 11.7. The van der Waals surface area contributed by atoms with Crippen LogP contribution >= 0.6 is 0 Å². The molecule has 6 heteroatoms. The lowest BCUT2D eigenvalue weighted by molar-refractivity contribution is 0.208. The van der Waals surface area contributed by atoms with Gasteiger partial charge < -0.3 is 15.7 Å². The van der Waals surface area contributed by atoms with Crippen LogP contribution < -0.4 is 10.6 Å². The Hall–Kier alpha value is -2.21. The number of nitrogens with zero attached hydrogens (tertiary/aromatic N) is 3. The molecule has 6 nitrogen and oxygen atoms in total. The van der Waals surface area contributed by atoms with Gasteiger partial charge in [0.25, 0.3) is 0 Å². The topological polar surface area (TPSA) is 83.0 Å². The van der Waals surface area contributed by atoms with E-state index in [4.69, 9.17) is 0 Å². The lowest BCUT2D eigenvalue weighted by atomic mass is 10.2. The summed E-state index contributed by atoms with van der Waals surface area (Å²) in [7, 11) is 0. The van der Waals surface area contributed by atoms with Gasteiger partial charge in [0.05, 0.1) is 6.10 Å². The molecule has 3 N–H and O–H groups in total. The number of nitrogens with one attached hydrogen (secondary N) is 2. The summed E-state index contributed by atoms with van der Waals surface area (Å²) in [5.74, 6) is 1.58. The fourth-order valence-corrected chi connectivity index (χ4v) is 1.65. The summed E-state index contributed by atoms with van der Waals surface area (Å²) in [4.78, 5) is 13.0. The van der Waals surface area contributed by atoms with E-state index in [9.17, 15) is 5.11 Å². The summed E-state index contributed by atoms with van der Waals surface area (Å²) in [6, 6.07) is 9.72. The highest BCUT2D eigenvalue weighted by atomic mass is 16.3. The van der Waals surface area contributed by atoms with Gasteiger partial charge in [-0.1, -0.05) is 30.3 Å².